The van der Waals surface area contributed by atoms with E-state index in [1.807, 2.05) is 30.3 Å². The minimum atomic E-state index is -0.956. The number of ether oxygens (including phenoxy) is 1. The Hall–Kier alpha value is -1.69. The molecule has 0 spiro atoms. The number of carboxylic acid groups (broad SMARTS) is 1. The number of hydrogen-bond donors (Lipinski definition) is 1. The topological polar surface area (TPSA) is 66.8 Å². The maximum atomic E-state index is 12.3. The number of hydrogen-bond acceptors (Lipinski definition) is 4. The number of rotatable bonds is 4. The van der Waals surface area contributed by atoms with Gasteiger partial charge in [-0.2, -0.15) is 0 Å². The number of amides is 1. The minimum Gasteiger partial charge on any atom is -0.480 e. The number of carbonyl (C=O) groups excluding carboxylic acids is 1. The van der Waals surface area contributed by atoms with E-state index in [2.05, 4.69) is 0 Å². The van der Waals surface area contributed by atoms with Gasteiger partial charge in [-0.3, -0.25) is 4.90 Å². The third-order valence-electron chi connectivity index (χ3n) is 3.76. The molecule has 1 saturated heterocycles. The molecule has 3 rings (SSSR count). The Morgan fingerprint density at radius 1 is 1.29 bits per heavy atom. The number of nitrogens with zero attached hydrogens (tertiary/aromatic N) is 1. The summed E-state index contributed by atoms with van der Waals surface area (Å²) in [6, 6.07) is 8.62. The first-order chi connectivity index (χ1) is 10.2. The Morgan fingerprint density at radius 2 is 2.00 bits per heavy atom. The van der Waals surface area contributed by atoms with Crippen LogP contribution in [0.2, 0.25) is 0 Å². The SMILES string of the molecule is O=C(O)C1CSC(C2CC2)N1C(=O)OCc1ccccc1. The summed E-state index contributed by atoms with van der Waals surface area (Å²) in [5.41, 5.74) is 0.896. The van der Waals surface area contributed by atoms with E-state index < -0.39 is 18.1 Å². The molecule has 1 heterocycles. The second-order valence-electron chi connectivity index (χ2n) is 5.36. The number of carboxylic acids is 1. The largest absolute Gasteiger partial charge is 0.480 e. The van der Waals surface area contributed by atoms with Crippen molar-refractivity contribution in [2.75, 3.05) is 5.75 Å². The van der Waals surface area contributed by atoms with Crippen molar-refractivity contribution in [2.24, 2.45) is 5.92 Å². The first-order valence-electron chi connectivity index (χ1n) is 7.00. The fourth-order valence-electron chi connectivity index (χ4n) is 2.49. The molecule has 2 unspecified atom stereocenters. The third-order valence-corrected chi connectivity index (χ3v) is 5.22. The normalized spacial score (nSPS) is 24.9. The molecule has 6 heteroatoms. The molecular formula is C15H17NO4S. The van der Waals surface area contributed by atoms with E-state index in [0.717, 1.165) is 18.4 Å². The van der Waals surface area contributed by atoms with Crippen molar-refractivity contribution in [2.45, 2.75) is 30.9 Å². The summed E-state index contributed by atoms with van der Waals surface area (Å²) >= 11 is 1.55. The van der Waals surface area contributed by atoms with Crippen LogP contribution in [0.4, 0.5) is 4.79 Å². The zero-order valence-corrected chi connectivity index (χ0v) is 12.3. The lowest BCUT2D eigenvalue weighted by molar-refractivity contribution is -0.141. The lowest BCUT2D eigenvalue weighted by Crippen LogP contribution is -2.46. The summed E-state index contributed by atoms with van der Waals surface area (Å²) in [5.74, 6) is -0.0948. The standard InChI is InChI=1S/C15H17NO4S/c17-14(18)12-9-21-13(11-6-7-11)16(12)15(19)20-8-10-4-2-1-3-5-10/h1-5,11-13H,6-9H2,(H,17,18). The van der Waals surface area contributed by atoms with Crippen LogP contribution in [0.3, 0.4) is 0 Å². The highest BCUT2D eigenvalue weighted by Gasteiger charge is 2.48. The molecule has 2 aliphatic rings. The van der Waals surface area contributed by atoms with Crippen LogP contribution < -0.4 is 0 Å². The van der Waals surface area contributed by atoms with Crippen molar-refractivity contribution in [3.05, 3.63) is 35.9 Å². The first kappa shape index (κ1) is 14.3. The Kier molecular flexibility index (Phi) is 4.05. The molecule has 2 fully saturated rings. The molecule has 1 amide bonds. The van der Waals surface area contributed by atoms with Gasteiger partial charge >= 0.3 is 12.1 Å². The summed E-state index contributed by atoms with van der Waals surface area (Å²) in [6.45, 7) is 0.171. The van der Waals surface area contributed by atoms with E-state index in [1.165, 1.54) is 4.90 Å². The van der Waals surface area contributed by atoms with Crippen LogP contribution >= 0.6 is 11.8 Å². The van der Waals surface area contributed by atoms with Crippen molar-refractivity contribution >= 4 is 23.8 Å². The van der Waals surface area contributed by atoms with Crippen LogP contribution in [0.5, 0.6) is 0 Å². The van der Waals surface area contributed by atoms with Crippen molar-refractivity contribution in [1.29, 1.82) is 0 Å². The van der Waals surface area contributed by atoms with Gasteiger partial charge in [0.1, 0.15) is 12.6 Å². The van der Waals surface area contributed by atoms with E-state index in [9.17, 15) is 14.7 Å². The zero-order valence-electron chi connectivity index (χ0n) is 11.5. The van der Waals surface area contributed by atoms with Gasteiger partial charge in [0, 0.05) is 5.75 Å². The molecule has 1 aromatic rings. The molecule has 0 aromatic heterocycles. The van der Waals surface area contributed by atoms with Gasteiger partial charge in [0.25, 0.3) is 0 Å². The molecule has 1 aliphatic heterocycles. The molecule has 1 aliphatic carbocycles. The average Bonchev–Trinajstić information content (AvgIpc) is 3.24. The second kappa shape index (κ2) is 5.97. The zero-order chi connectivity index (χ0) is 14.8. The summed E-state index contributed by atoms with van der Waals surface area (Å²) in [5, 5.41) is 9.23. The minimum absolute atomic E-state index is 0.0469. The number of benzene rings is 1. The van der Waals surface area contributed by atoms with Crippen molar-refractivity contribution in [1.82, 2.24) is 4.90 Å². The Balaban J connectivity index is 1.66. The number of aliphatic carboxylic acids is 1. The second-order valence-corrected chi connectivity index (χ2v) is 6.51. The highest BCUT2D eigenvalue weighted by atomic mass is 32.2. The van der Waals surface area contributed by atoms with E-state index in [0.29, 0.717) is 11.7 Å². The Morgan fingerprint density at radius 3 is 2.62 bits per heavy atom. The molecule has 1 saturated carbocycles. The summed E-state index contributed by atoms with van der Waals surface area (Å²) in [7, 11) is 0. The average molecular weight is 307 g/mol. The molecule has 0 bridgehead atoms. The van der Waals surface area contributed by atoms with Crippen molar-refractivity contribution < 1.29 is 19.4 Å². The van der Waals surface area contributed by atoms with Crippen LogP contribution in [0.25, 0.3) is 0 Å². The van der Waals surface area contributed by atoms with E-state index in [1.54, 1.807) is 11.8 Å². The summed E-state index contributed by atoms with van der Waals surface area (Å²) in [4.78, 5) is 25.0. The predicted molar refractivity (Wildman–Crippen MR) is 78.9 cm³/mol. The van der Waals surface area contributed by atoms with Gasteiger partial charge in [-0.05, 0) is 24.3 Å². The maximum absolute atomic E-state index is 12.3. The van der Waals surface area contributed by atoms with Crippen LogP contribution in [-0.2, 0) is 16.1 Å². The molecule has 21 heavy (non-hydrogen) atoms. The quantitative estimate of drug-likeness (QED) is 0.926. The summed E-state index contributed by atoms with van der Waals surface area (Å²) in [6.07, 6.45) is 1.60. The first-order valence-corrected chi connectivity index (χ1v) is 8.05. The van der Waals surface area contributed by atoms with Crippen LogP contribution in [0, 0.1) is 5.92 Å². The Bertz CT molecular complexity index is 532. The van der Waals surface area contributed by atoms with Crippen molar-refractivity contribution in [3.63, 3.8) is 0 Å². The third kappa shape index (κ3) is 3.15. The van der Waals surface area contributed by atoms with Gasteiger partial charge in [-0.1, -0.05) is 30.3 Å². The highest BCUT2D eigenvalue weighted by Crippen LogP contribution is 2.45. The lowest BCUT2D eigenvalue weighted by Gasteiger charge is -2.26. The molecule has 2 atom stereocenters. The fourth-order valence-corrected chi connectivity index (χ4v) is 4.11. The van der Waals surface area contributed by atoms with Gasteiger partial charge in [-0.25, -0.2) is 9.59 Å². The van der Waals surface area contributed by atoms with Gasteiger partial charge in [0.05, 0.1) is 5.37 Å². The van der Waals surface area contributed by atoms with Gasteiger partial charge in [0.2, 0.25) is 0 Å². The molecule has 5 nitrogen and oxygen atoms in total. The van der Waals surface area contributed by atoms with Crippen LogP contribution in [0.1, 0.15) is 18.4 Å². The monoisotopic (exact) mass is 307 g/mol. The summed E-state index contributed by atoms with van der Waals surface area (Å²) < 4.78 is 5.31. The van der Waals surface area contributed by atoms with Crippen molar-refractivity contribution in [3.8, 4) is 0 Å². The highest BCUT2D eigenvalue weighted by molar-refractivity contribution is 8.00. The predicted octanol–water partition coefficient (Wildman–Crippen LogP) is 2.56. The number of carbonyl (C=O) groups is 2. The van der Waals surface area contributed by atoms with Crippen LogP contribution in [0.15, 0.2) is 30.3 Å². The molecule has 1 aromatic carbocycles. The van der Waals surface area contributed by atoms with E-state index in [-0.39, 0.29) is 12.0 Å². The van der Waals surface area contributed by atoms with E-state index >= 15 is 0 Å². The Labute approximate surface area is 127 Å². The van der Waals surface area contributed by atoms with Gasteiger partial charge < -0.3 is 9.84 Å². The smallest absolute Gasteiger partial charge is 0.411 e. The molecule has 0 radical (unpaired) electrons. The lowest BCUT2D eigenvalue weighted by atomic mass is 10.2. The van der Waals surface area contributed by atoms with Crippen LogP contribution in [-0.4, -0.2) is 39.2 Å². The van der Waals surface area contributed by atoms with Gasteiger partial charge in [0.15, 0.2) is 0 Å². The maximum Gasteiger partial charge on any atom is 0.411 e. The fraction of sp³-hybridized carbons (Fsp3) is 0.467. The molecular weight excluding hydrogens is 290 g/mol. The van der Waals surface area contributed by atoms with E-state index in [4.69, 9.17) is 4.74 Å². The van der Waals surface area contributed by atoms with Gasteiger partial charge in [-0.15, -0.1) is 11.8 Å². The molecule has 1 N–H and O–H groups in total. The number of thioether (sulfide) groups is 1. The molecule has 112 valence electrons.